The summed E-state index contributed by atoms with van der Waals surface area (Å²) in [6.45, 7) is 5.72. The Balaban J connectivity index is 0. The first kappa shape index (κ1) is 10.6. The van der Waals surface area contributed by atoms with Crippen LogP contribution in [0.25, 0.3) is 0 Å². The first-order valence-corrected chi connectivity index (χ1v) is 2.02. The van der Waals surface area contributed by atoms with E-state index in [-0.39, 0.29) is 36.2 Å². The van der Waals surface area contributed by atoms with E-state index in [1.54, 1.807) is 0 Å². The Morgan fingerprint density at radius 2 is 2.14 bits per heavy atom. The van der Waals surface area contributed by atoms with Gasteiger partial charge in [-0.05, 0) is 13.3 Å². The van der Waals surface area contributed by atoms with Crippen molar-refractivity contribution < 1.29 is 5.11 Å². The number of hydrogen-bond acceptors (Lipinski definition) is 1. The molecule has 0 spiro atoms. The molecule has 1 N–H and O–H groups in total. The van der Waals surface area contributed by atoms with Gasteiger partial charge in [0.1, 0.15) is 0 Å². The van der Waals surface area contributed by atoms with Crippen LogP contribution < -0.4 is 0 Å². The van der Waals surface area contributed by atoms with Gasteiger partial charge in [0.15, 0.2) is 0 Å². The zero-order valence-electron chi connectivity index (χ0n) is 4.07. The van der Waals surface area contributed by atoms with E-state index in [1.807, 2.05) is 6.92 Å². The topological polar surface area (TPSA) is 20.2 Å². The third-order valence-corrected chi connectivity index (χ3v) is 0.539. The minimum absolute atomic E-state index is 0. The number of aliphatic hydroxyl groups excluding tert-OH is 1. The molecule has 2 heteroatoms. The Morgan fingerprint density at radius 1 is 1.71 bits per heavy atom. The molecule has 0 bridgehead atoms. The zero-order chi connectivity index (χ0) is 4.99. The van der Waals surface area contributed by atoms with Crippen LogP contribution in [0, 0.1) is 0 Å². The summed E-state index contributed by atoms with van der Waals surface area (Å²) in [5.41, 5.74) is 1.04. The van der Waals surface area contributed by atoms with Gasteiger partial charge < -0.3 is 5.11 Å². The minimum atomic E-state index is 0. The summed E-state index contributed by atoms with van der Waals surface area (Å²) in [6.07, 6.45) is 0.736. The molecule has 1 nitrogen and oxygen atoms in total. The molecule has 0 amide bonds. The second-order valence-corrected chi connectivity index (χ2v) is 1.43. The summed E-state index contributed by atoms with van der Waals surface area (Å²) in [6, 6.07) is 0. The SMILES string of the molecule is C=C(C)CCO.[NaH]. The summed E-state index contributed by atoms with van der Waals surface area (Å²) in [5, 5.41) is 8.18. The first-order valence-electron chi connectivity index (χ1n) is 2.02. The van der Waals surface area contributed by atoms with Crippen molar-refractivity contribution >= 4 is 29.6 Å². The molecule has 0 aromatic rings. The Kier molecular flexibility index (Phi) is 10.2. The normalized spacial score (nSPS) is 7.14. The van der Waals surface area contributed by atoms with Crippen LogP contribution >= 0.6 is 0 Å². The molecule has 0 aromatic heterocycles. The van der Waals surface area contributed by atoms with Crippen molar-refractivity contribution in [3.8, 4) is 0 Å². The second kappa shape index (κ2) is 6.70. The van der Waals surface area contributed by atoms with Crippen LogP contribution in [-0.2, 0) is 0 Å². The van der Waals surface area contributed by atoms with Crippen LogP contribution in [-0.4, -0.2) is 41.3 Å². The van der Waals surface area contributed by atoms with Crippen LogP contribution in [0.5, 0.6) is 0 Å². The number of aliphatic hydroxyl groups is 1. The number of hydrogen-bond donors (Lipinski definition) is 1. The molecule has 0 heterocycles. The van der Waals surface area contributed by atoms with E-state index in [1.165, 1.54) is 0 Å². The third-order valence-electron chi connectivity index (χ3n) is 0.539. The van der Waals surface area contributed by atoms with E-state index < -0.39 is 0 Å². The number of rotatable bonds is 2. The molecule has 7 heavy (non-hydrogen) atoms. The molecule has 0 aromatic carbocycles. The monoisotopic (exact) mass is 110 g/mol. The fourth-order valence-electron chi connectivity index (χ4n) is 0.191. The molecular formula is C5H11NaO. The molecule has 0 aliphatic rings. The van der Waals surface area contributed by atoms with Crippen molar-refractivity contribution in [2.24, 2.45) is 0 Å². The molecule has 0 rings (SSSR count). The molecular weight excluding hydrogens is 99.0 g/mol. The molecule has 0 aliphatic carbocycles. The van der Waals surface area contributed by atoms with Crippen molar-refractivity contribution in [3.05, 3.63) is 12.2 Å². The molecule has 0 fully saturated rings. The van der Waals surface area contributed by atoms with Gasteiger partial charge in [-0.3, -0.25) is 0 Å². The van der Waals surface area contributed by atoms with Gasteiger partial charge >= 0.3 is 29.6 Å². The summed E-state index contributed by atoms with van der Waals surface area (Å²) in [5.74, 6) is 0. The summed E-state index contributed by atoms with van der Waals surface area (Å²) < 4.78 is 0. The van der Waals surface area contributed by atoms with Gasteiger partial charge in [-0.1, -0.05) is 5.57 Å². The maximum absolute atomic E-state index is 8.18. The van der Waals surface area contributed by atoms with Crippen LogP contribution in [0.4, 0.5) is 0 Å². The van der Waals surface area contributed by atoms with Crippen molar-refractivity contribution in [1.82, 2.24) is 0 Å². The zero-order valence-corrected chi connectivity index (χ0v) is 4.07. The van der Waals surface area contributed by atoms with Gasteiger partial charge in [-0.2, -0.15) is 0 Å². The van der Waals surface area contributed by atoms with Crippen LogP contribution in [0.1, 0.15) is 13.3 Å². The van der Waals surface area contributed by atoms with Gasteiger partial charge in [-0.25, -0.2) is 0 Å². The standard InChI is InChI=1S/C5H10O.Na.H/c1-5(2)3-4-6;;/h6H,1,3-4H2,2H3;;. The maximum atomic E-state index is 8.18. The van der Waals surface area contributed by atoms with Crippen LogP contribution in [0.15, 0.2) is 12.2 Å². The Bertz CT molecular complexity index is 52.0. The molecule has 0 atom stereocenters. The Hall–Kier alpha value is 0.700. The average Bonchev–Trinajstić information content (AvgIpc) is 1.35. The van der Waals surface area contributed by atoms with E-state index in [4.69, 9.17) is 5.11 Å². The van der Waals surface area contributed by atoms with Crippen molar-refractivity contribution in [2.75, 3.05) is 6.61 Å². The van der Waals surface area contributed by atoms with E-state index in [2.05, 4.69) is 6.58 Å². The Morgan fingerprint density at radius 3 is 2.14 bits per heavy atom. The third kappa shape index (κ3) is 10.8. The van der Waals surface area contributed by atoms with Gasteiger partial charge in [0, 0.05) is 6.61 Å². The second-order valence-electron chi connectivity index (χ2n) is 1.43. The van der Waals surface area contributed by atoms with Gasteiger partial charge in [-0.15, -0.1) is 6.58 Å². The molecule has 0 unspecified atom stereocenters. The van der Waals surface area contributed by atoms with E-state index in [9.17, 15) is 0 Å². The molecule has 0 aliphatic heterocycles. The quantitative estimate of drug-likeness (QED) is 0.400. The van der Waals surface area contributed by atoms with Gasteiger partial charge in [0.2, 0.25) is 0 Å². The Labute approximate surface area is 66.7 Å². The summed E-state index contributed by atoms with van der Waals surface area (Å²) in [4.78, 5) is 0. The van der Waals surface area contributed by atoms with Crippen molar-refractivity contribution in [3.63, 3.8) is 0 Å². The van der Waals surface area contributed by atoms with Crippen molar-refractivity contribution in [2.45, 2.75) is 13.3 Å². The van der Waals surface area contributed by atoms with Crippen LogP contribution in [0.3, 0.4) is 0 Å². The molecule has 0 radical (unpaired) electrons. The van der Waals surface area contributed by atoms with Gasteiger partial charge in [0.25, 0.3) is 0 Å². The van der Waals surface area contributed by atoms with E-state index in [0.717, 1.165) is 12.0 Å². The molecule has 38 valence electrons. The van der Waals surface area contributed by atoms with E-state index >= 15 is 0 Å². The van der Waals surface area contributed by atoms with Crippen LogP contribution in [0.2, 0.25) is 0 Å². The predicted molar refractivity (Wildman–Crippen MR) is 33.7 cm³/mol. The van der Waals surface area contributed by atoms with E-state index in [0.29, 0.717) is 0 Å². The molecule has 0 saturated carbocycles. The van der Waals surface area contributed by atoms with Gasteiger partial charge in [0.05, 0.1) is 0 Å². The predicted octanol–water partition coefficient (Wildman–Crippen LogP) is 0.296. The average molecular weight is 110 g/mol. The summed E-state index contributed by atoms with van der Waals surface area (Å²) >= 11 is 0. The fraction of sp³-hybridized carbons (Fsp3) is 0.600. The first-order chi connectivity index (χ1) is 2.77. The van der Waals surface area contributed by atoms with Crippen molar-refractivity contribution in [1.29, 1.82) is 0 Å². The fourth-order valence-corrected chi connectivity index (χ4v) is 0.191. The summed E-state index contributed by atoms with van der Waals surface area (Å²) in [7, 11) is 0. The molecule has 0 saturated heterocycles.